The van der Waals surface area contributed by atoms with Gasteiger partial charge in [-0.1, -0.05) is 55.8 Å². The maximum atomic E-state index is 2.39. The first-order valence-electron chi connectivity index (χ1n) is 12.9. The van der Waals surface area contributed by atoms with Gasteiger partial charge in [0, 0.05) is 0 Å². The summed E-state index contributed by atoms with van der Waals surface area (Å²) in [4.78, 5) is 0. The van der Waals surface area contributed by atoms with Crippen LogP contribution in [0.4, 0.5) is 0 Å². The van der Waals surface area contributed by atoms with Crippen molar-refractivity contribution in [3.63, 3.8) is 0 Å². The zero-order valence-electron chi connectivity index (χ0n) is 20.9. The molecule has 1 aliphatic rings. The van der Waals surface area contributed by atoms with Crippen molar-refractivity contribution in [1.29, 1.82) is 0 Å². The molecule has 0 spiro atoms. The van der Waals surface area contributed by atoms with Gasteiger partial charge in [-0.15, -0.1) is 39.7 Å². The van der Waals surface area contributed by atoms with Crippen LogP contribution < -0.4 is 0 Å². The maximum absolute atomic E-state index is 2.39. The summed E-state index contributed by atoms with van der Waals surface area (Å²) in [5.41, 5.74) is 7.13. The fraction of sp³-hybridized carbons (Fsp3) is 0.143. The van der Waals surface area contributed by atoms with Gasteiger partial charge in [-0.2, -0.15) is 0 Å². The fourth-order valence-corrected chi connectivity index (χ4v) is 5.79. The molecule has 0 saturated carbocycles. The van der Waals surface area contributed by atoms with Crippen LogP contribution in [0.5, 0.6) is 0 Å². The van der Waals surface area contributed by atoms with E-state index < -0.39 is 0 Å². The summed E-state index contributed by atoms with van der Waals surface area (Å²) in [6.45, 7) is 2.26. The molecule has 0 heterocycles. The van der Waals surface area contributed by atoms with Crippen LogP contribution in [0.2, 0.25) is 0 Å². The number of unbranched alkanes of at least 4 members (excludes halogenated alkanes) is 1. The molecule has 1 aliphatic carbocycles. The normalized spacial score (nSPS) is 12.7. The van der Waals surface area contributed by atoms with Gasteiger partial charge in [-0.05, 0) is 36.0 Å². The second-order valence-electron chi connectivity index (χ2n) is 9.35. The molecule has 0 aromatic heterocycles. The van der Waals surface area contributed by atoms with E-state index in [0.717, 1.165) is 6.42 Å². The summed E-state index contributed by atoms with van der Waals surface area (Å²) in [5.74, 6) is 0. The fourth-order valence-electron chi connectivity index (χ4n) is 4.97. The Morgan fingerprint density at radius 3 is 2.08 bits per heavy atom. The predicted octanol–water partition coefficient (Wildman–Crippen LogP) is 9.42. The number of benzene rings is 4. The zero-order chi connectivity index (χ0) is 24.7. The summed E-state index contributed by atoms with van der Waals surface area (Å²) in [5, 5.41) is 5.47. The Labute approximate surface area is 229 Å². The van der Waals surface area contributed by atoms with Gasteiger partial charge in [0.05, 0.1) is 0 Å². The van der Waals surface area contributed by atoms with Crippen LogP contribution in [0.1, 0.15) is 49.3 Å². The number of fused-ring (bicyclic) bond motifs is 3. The molecule has 0 unspecified atom stereocenters. The van der Waals surface area contributed by atoms with Crippen molar-refractivity contribution in [3.8, 4) is 0 Å². The van der Waals surface area contributed by atoms with Crippen LogP contribution in [-0.2, 0) is 24.2 Å². The molecule has 0 aliphatic heterocycles. The van der Waals surface area contributed by atoms with E-state index in [0.29, 0.717) is 0 Å². The van der Waals surface area contributed by atoms with Crippen molar-refractivity contribution in [2.45, 2.75) is 32.6 Å². The molecular weight excluding hydrogens is 512 g/mol. The Hall–Kier alpha value is -3.02. The summed E-state index contributed by atoms with van der Waals surface area (Å²) < 4.78 is 1.42. The minimum atomic E-state index is 1.09. The molecule has 0 nitrogen and oxygen atoms in total. The molecule has 176 valence electrons. The number of rotatable bonds is 6. The standard InChI is InChI=1S/C22H21.C13H10.Zr/c1-2-3-7-16-9-6-11-20(16)19-13-12-18-14-17-8-4-5-10-21(17)22(18)15-19;1-3-7-12(8-4-1)11-13-9-5-2-6-10-13;/h4-6,8-10,12-15H,2-3,7,11H2,1H3;1-10H;/q-1;;. The average Bonchev–Trinajstić information content (AvgIpc) is 3.57. The Kier molecular flexibility index (Phi) is 8.09. The number of allylic oxidation sites excluding steroid dienone is 4. The molecular formula is C35H31Zr-. The molecule has 0 atom stereocenters. The van der Waals surface area contributed by atoms with Crippen molar-refractivity contribution in [3.05, 3.63) is 144 Å². The monoisotopic (exact) mass is 541 g/mol. The van der Waals surface area contributed by atoms with Gasteiger partial charge in [0.25, 0.3) is 0 Å². The van der Waals surface area contributed by atoms with Crippen LogP contribution in [0.15, 0.2) is 127 Å². The minimum absolute atomic E-state index is 1.09. The van der Waals surface area contributed by atoms with Gasteiger partial charge in [0.1, 0.15) is 0 Å². The third-order valence-electron chi connectivity index (χ3n) is 6.92. The van der Waals surface area contributed by atoms with E-state index in [1.807, 2.05) is 0 Å². The molecule has 6 rings (SSSR count). The SMILES string of the molecule is CCCCC1=C(c2ccc3[cH-]c4ccccc4c3c2)CC=C1.[Zr]=[C](c1ccccc1)c1ccccc1. The Balaban J connectivity index is 0.000000165. The van der Waals surface area contributed by atoms with E-state index in [9.17, 15) is 0 Å². The summed E-state index contributed by atoms with van der Waals surface area (Å²) >= 11 is 1.46. The van der Waals surface area contributed by atoms with E-state index in [1.165, 1.54) is 96.1 Å². The van der Waals surface area contributed by atoms with Gasteiger partial charge in [0.15, 0.2) is 0 Å². The molecule has 0 radical (unpaired) electrons. The molecule has 0 saturated heterocycles. The summed E-state index contributed by atoms with van der Waals surface area (Å²) in [6.07, 6.45) is 9.49. The van der Waals surface area contributed by atoms with Crippen LogP contribution in [0.3, 0.4) is 0 Å². The quantitative estimate of drug-likeness (QED) is 0.187. The van der Waals surface area contributed by atoms with Gasteiger partial charge in [0.2, 0.25) is 0 Å². The van der Waals surface area contributed by atoms with Crippen molar-refractivity contribution < 1.29 is 24.2 Å². The zero-order valence-corrected chi connectivity index (χ0v) is 23.3. The molecule has 1 heteroatoms. The van der Waals surface area contributed by atoms with E-state index in [2.05, 4.69) is 128 Å². The topological polar surface area (TPSA) is 0 Å². The summed E-state index contributed by atoms with van der Waals surface area (Å²) in [7, 11) is 0. The van der Waals surface area contributed by atoms with Gasteiger partial charge < -0.3 is 0 Å². The van der Waals surface area contributed by atoms with Gasteiger partial charge in [-0.25, -0.2) is 0 Å². The van der Waals surface area contributed by atoms with Crippen LogP contribution in [0.25, 0.3) is 27.1 Å². The second kappa shape index (κ2) is 11.8. The number of hydrogen-bond donors (Lipinski definition) is 0. The van der Waals surface area contributed by atoms with Crippen LogP contribution >= 0.6 is 0 Å². The van der Waals surface area contributed by atoms with Crippen molar-refractivity contribution in [1.82, 2.24) is 0 Å². The van der Waals surface area contributed by atoms with Crippen molar-refractivity contribution >= 4 is 30.3 Å². The third kappa shape index (κ3) is 5.53. The predicted molar refractivity (Wildman–Crippen MR) is 153 cm³/mol. The van der Waals surface area contributed by atoms with E-state index in [1.54, 1.807) is 0 Å². The average molecular weight is 543 g/mol. The molecule has 5 aromatic carbocycles. The van der Waals surface area contributed by atoms with Gasteiger partial charge >= 0.3 is 99.2 Å². The first-order chi connectivity index (χ1) is 17.7. The molecule has 5 aromatic rings. The molecule has 0 amide bonds. The molecule has 0 fully saturated rings. The molecule has 0 N–H and O–H groups in total. The first-order valence-corrected chi connectivity index (χ1v) is 14.1. The van der Waals surface area contributed by atoms with Crippen LogP contribution in [-0.4, -0.2) is 3.21 Å². The Morgan fingerprint density at radius 2 is 1.39 bits per heavy atom. The van der Waals surface area contributed by atoms with E-state index in [4.69, 9.17) is 0 Å². The third-order valence-corrected chi connectivity index (χ3v) is 8.34. The van der Waals surface area contributed by atoms with Crippen LogP contribution in [0, 0.1) is 0 Å². The molecule has 0 bridgehead atoms. The number of hydrogen-bond acceptors (Lipinski definition) is 0. The van der Waals surface area contributed by atoms with E-state index in [-0.39, 0.29) is 0 Å². The summed E-state index contributed by atoms with van der Waals surface area (Å²) in [6, 6.07) is 39.1. The van der Waals surface area contributed by atoms with E-state index >= 15 is 0 Å². The Morgan fingerprint density at radius 1 is 0.750 bits per heavy atom. The molecule has 36 heavy (non-hydrogen) atoms. The Bertz CT molecular complexity index is 1490. The first kappa shape index (κ1) is 24.7. The van der Waals surface area contributed by atoms with Crippen molar-refractivity contribution in [2.24, 2.45) is 0 Å². The van der Waals surface area contributed by atoms with Crippen molar-refractivity contribution in [2.75, 3.05) is 0 Å². The second-order valence-corrected chi connectivity index (χ2v) is 10.6. The van der Waals surface area contributed by atoms with Gasteiger partial charge in [-0.3, -0.25) is 0 Å².